The predicted octanol–water partition coefficient (Wildman–Crippen LogP) is 2.88. The molecule has 0 aliphatic heterocycles. The summed E-state index contributed by atoms with van der Waals surface area (Å²) in [7, 11) is 0. The van der Waals surface area contributed by atoms with Gasteiger partial charge in [0.15, 0.2) is 0 Å². The standard InChI is InChI=1S/C15H15FN2O2/c1-10-13(15(19)20)6-7-14(18-10)17-9-8-11-2-4-12(16)5-3-11/h2-7H,8-9H2,1H3,(H,17,18)(H,19,20). The highest BCUT2D eigenvalue weighted by molar-refractivity contribution is 5.89. The molecule has 0 aliphatic carbocycles. The number of carboxylic acid groups (broad SMARTS) is 1. The summed E-state index contributed by atoms with van der Waals surface area (Å²) < 4.78 is 12.7. The van der Waals surface area contributed by atoms with Crippen LogP contribution in [0.25, 0.3) is 0 Å². The van der Waals surface area contributed by atoms with Crippen molar-refractivity contribution in [1.82, 2.24) is 4.98 Å². The van der Waals surface area contributed by atoms with Gasteiger partial charge in [-0.1, -0.05) is 12.1 Å². The van der Waals surface area contributed by atoms with Gasteiger partial charge >= 0.3 is 5.97 Å². The van der Waals surface area contributed by atoms with Crippen LogP contribution in [0.2, 0.25) is 0 Å². The third-order valence-corrected chi connectivity index (χ3v) is 2.95. The van der Waals surface area contributed by atoms with Gasteiger partial charge in [-0.2, -0.15) is 0 Å². The molecule has 1 heterocycles. The molecule has 2 N–H and O–H groups in total. The summed E-state index contributed by atoms with van der Waals surface area (Å²) in [6.45, 7) is 2.30. The van der Waals surface area contributed by atoms with Gasteiger partial charge in [-0.25, -0.2) is 14.2 Å². The Labute approximate surface area is 116 Å². The first-order chi connectivity index (χ1) is 9.56. The van der Waals surface area contributed by atoms with Crippen molar-refractivity contribution in [2.45, 2.75) is 13.3 Å². The molecule has 1 aromatic heterocycles. The number of hydrogen-bond acceptors (Lipinski definition) is 3. The van der Waals surface area contributed by atoms with Gasteiger partial charge in [-0.05, 0) is 43.2 Å². The first kappa shape index (κ1) is 14.0. The van der Waals surface area contributed by atoms with Gasteiger partial charge in [-0.3, -0.25) is 0 Å². The molecule has 2 aromatic rings. The number of halogens is 1. The summed E-state index contributed by atoms with van der Waals surface area (Å²) in [5, 5.41) is 12.0. The molecule has 2 rings (SSSR count). The predicted molar refractivity (Wildman–Crippen MR) is 74.5 cm³/mol. The number of hydrogen-bond donors (Lipinski definition) is 2. The van der Waals surface area contributed by atoms with E-state index in [9.17, 15) is 9.18 Å². The number of benzene rings is 1. The van der Waals surface area contributed by atoms with E-state index in [1.807, 2.05) is 0 Å². The maximum Gasteiger partial charge on any atom is 0.337 e. The summed E-state index contributed by atoms with van der Waals surface area (Å²) in [4.78, 5) is 15.1. The largest absolute Gasteiger partial charge is 0.478 e. The first-order valence-electron chi connectivity index (χ1n) is 6.25. The lowest BCUT2D eigenvalue weighted by molar-refractivity contribution is 0.0695. The fourth-order valence-electron chi connectivity index (χ4n) is 1.87. The molecular weight excluding hydrogens is 259 g/mol. The average Bonchev–Trinajstić information content (AvgIpc) is 2.41. The first-order valence-corrected chi connectivity index (χ1v) is 6.25. The Morgan fingerprint density at radius 1 is 1.25 bits per heavy atom. The van der Waals surface area contributed by atoms with Crippen molar-refractivity contribution >= 4 is 11.8 Å². The van der Waals surface area contributed by atoms with Crippen LogP contribution in [0.15, 0.2) is 36.4 Å². The minimum absolute atomic E-state index is 0.203. The zero-order valence-corrected chi connectivity index (χ0v) is 11.1. The van der Waals surface area contributed by atoms with Crippen molar-refractivity contribution in [2.24, 2.45) is 0 Å². The Kier molecular flexibility index (Phi) is 4.30. The van der Waals surface area contributed by atoms with E-state index in [4.69, 9.17) is 5.11 Å². The van der Waals surface area contributed by atoms with Crippen molar-refractivity contribution in [3.05, 3.63) is 59.0 Å². The van der Waals surface area contributed by atoms with E-state index in [-0.39, 0.29) is 11.4 Å². The Balaban J connectivity index is 1.92. The second-order valence-corrected chi connectivity index (χ2v) is 4.44. The second kappa shape index (κ2) is 6.14. The zero-order chi connectivity index (χ0) is 14.5. The van der Waals surface area contributed by atoms with Crippen molar-refractivity contribution in [3.63, 3.8) is 0 Å². The summed E-state index contributed by atoms with van der Waals surface area (Å²) in [5.74, 6) is -0.592. The Morgan fingerprint density at radius 2 is 1.95 bits per heavy atom. The van der Waals surface area contributed by atoms with Crippen LogP contribution in [-0.4, -0.2) is 22.6 Å². The van der Waals surface area contributed by atoms with Gasteiger partial charge in [-0.15, -0.1) is 0 Å². The molecular formula is C15H15FN2O2. The average molecular weight is 274 g/mol. The molecule has 0 saturated carbocycles. The second-order valence-electron chi connectivity index (χ2n) is 4.44. The lowest BCUT2D eigenvalue weighted by Gasteiger charge is -2.08. The van der Waals surface area contributed by atoms with Crippen LogP contribution in [0, 0.1) is 12.7 Å². The molecule has 5 heteroatoms. The maximum atomic E-state index is 12.7. The normalized spacial score (nSPS) is 10.3. The molecule has 0 atom stereocenters. The number of nitrogens with one attached hydrogen (secondary N) is 1. The van der Waals surface area contributed by atoms with Gasteiger partial charge in [0.05, 0.1) is 11.3 Å². The SMILES string of the molecule is Cc1nc(NCCc2ccc(F)cc2)ccc1C(=O)O. The Hall–Kier alpha value is -2.43. The van der Waals surface area contributed by atoms with E-state index in [1.165, 1.54) is 18.2 Å². The van der Waals surface area contributed by atoms with E-state index in [0.717, 1.165) is 12.0 Å². The molecule has 0 radical (unpaired) electrons. The van der Waals surface area contributed by atoms with E-state index >= 15 is 0 Å². The third-order valence-electron chi connectivity index (χ3n) is 2.95. The summed E-state index contributed by atoms with van der Waals surface area (Å²) in [5.41, 5.74) is 1.70. The molecule has 0 bridgehead atoms. The van der Waals surface area contributed by atoms with Crippen LogP contribution in [0.5, 0.6) is 0 Å². The number of aromatic nitrogens is 1. The van der Waals surface area contributed by atoms with Crippen molar-refractivity contribution in [1.29, 1.82) is 0 Å². The Morgan fingerprint density at radius 3 is 2.55 bits per heavy atom. The highest BCUT2D eigenvalue weighted by Gasteiger charge is 2.08. The number of aromatic carboxylic acids is 1. The van der Waals surface area contributed by atoms with E-state index in [1.54, 1.807) is 25.1 Å². The topological polar surface area (TPSA) is 62.2 Å². The van der Waals surface area contributed by atoms with Gasteiger partial charge in [0.1, 0.15) is 11.6 Å². The zero-order valence-electron chi connectivity index (χ0n) is 11.1. The minimum Gasteiger partial charge on any atom is -0.478 e. The number of rotatable bonds is 5. The fourth-order valence-corrected chi connectivity index (χ4v) is 1.87. The lowest BCUT2D eigenvalue weighted by Crippen LogP contribution is -2.09. The van der Waals surface area contributed by atoms with Crippen molar-refractivity contribution in [3.8, 4) is 0 Å². The number of anilines is 1. The smallest absolute Gasteiger partial charge is 0.337 e. The molecule has 0 saturated heterocycles. The quantitative estimate of drug-likeness (QED) is 0.880. The maximum absolute atomic E-state index is 12.7. The van der Waals surface area contributed by atoms with Crippen molar-refractivity contribution in [2.75, 3.05) is 11.9 Å². The van der Waals surface area contributed by atoms with Gasteiger partial charge in [0.25, 0.3) is 0 Å². The number of carbonyl (C=O) groups is 1. The molecule has 104 valence electrons. The van der Waals surface area contributed by atoms with Crippen LogP contribution in [0.3, 0.4) is 0 Å². The van der Waals surface area contributed by atoms with E-state index < -0.39 is 5.97 Å². The molecule has 20 heavy (non-hydrogen) atoms. The van der Waals surface area contributed by atoms with Crippen molar-refractivity contribution < 1.29 is 14.3 Å². The number of pyridine rings is 1. The van der Waals surface area contributed by atoms with Gasteiger partial charge < -0.3 is 10.4 Å². The summed E-state index contributed by atoms with van der Waals surface area (Å²) in [6.07, 6.45) is 0.738. The minimum atomic E-state index is -0.979. The van der Waals surface area contributed by atoms with Gasteiger partial charge in [0.2, 0.25) is 0 Å². The van der Waals surface area contributed by atoms with Crippen LogP contribution in [-0.2, 0) is 6.42 Å². The van der Waals surface area contributed by atoms with Gasteiger partial charge in [0, 0.05) is 6.54 Å². The number of aryl methyl sites for hydroxylation is 1. The lowest BCUT2D eigenvalue weighted by atomic mass is 10.1. The van der Waals surface area contributed by atoms with Crippen LogP contribution in [0.1, 0.15) is 21.6 Å². The summed E-state index contributed by atoms with van der Waals surface area (Å²) in [6, 6.07) is 9.51. The van der Waals surface area contributed by atoms with E-state index in [2.05, 4.69) is 10.3 Å². The molecule has 0 aliphatic rings. The summed E-state index contributed by atoms with van der Waals surface area (Å²) >= 11 is 0. The molecule has 0 spiro atoms. The molecule has 0 fully saturated rings. The third kappa shape index (κ3) is 3.54. The molecule has 0 amide bonds. The number of carboxylic acids is 1. The number of nitrogens with zero attached hydrogens (tertiary/aromatic N) is 1. The highest BCUT2D eigenvalue weighted by atomic mass is 19.1. The Bertz CT molecular complexity index is 612. The fraction of sp³-hybridized carbons (Fsp3) is 0.200. The van der Waals surface area contributed by atoms with Crippen LogP contribution < -0.4 is 5.32 Å². The molecule has 4 nitrogen and oxygen atoms in total. The van der Waals surface area contributed by atoms with E-state index in [0.29, 0.717) is 18.1 Å². The highest BCUT2D eigenvalue weighted by Crippen LogP contribution is 2.11. The molecule has 0 unspecified atom stereocenters. The molecule has 1 aromatic carbocycles. The monoisotopic (exact) mass is 274 g/mol. The van der Waals surface area contributed by atoms with Crippen LogP contribution >= 0.6 is 0 Å². The van der Waals surface area contributed by atoms with Crippen LogP contribution in [0.4, 0.5) is 10.2 Å².